The number of nitrogens with zero attached hydrogens (tertiary/aromatic N) is 5. The lowest BCUT2D eigenvalue weighted by Crippen LogP contribution is -2.50. The fourth-order valence-electron chi connectivity index (χ4n) is 3.54. The number of urea groups is 1. The highest BCUT2D eigenvalue weighted by molar-refractivity contribution is 5.89. The molecule has 1 aromatic heterocycles. The van der Waals surface area contributed by atoms with E-state index >= 15 is 0 Å². The number of hydrogen-bond donors (Lipinski definition) is 1. The Hall–Kier alpha value is -3.21. The quantitative estimate of drug-likeness (QED) is 0.773. The Labute approximate surface area is 178 Å². The molecule has 0 aliphatic carbocycles. The van der Waals surface area contributed by atoms with Crippen LogP contribution in [0.15, 0.2) is 36.4 Å². The molecule has 11 heteroatoms. The van der Waals surface area contributed by atoms with Crippen LogP contribution in [0.4, 0.5) is 30.9 Å². The number of halogens is 2. The van der Waals surface area contributed by atoms with Crippen LogP contribution in [-0.4, -0.2) is 80.2 Å². The summed E-state index contributed by atoms with van der Waals surface area (Å²) in [6, 6.07) is 9.56. The Balaban J connectivity index is 1.28. The molecule has 1 aromatic carbocycles. The molecule has 0 saturated carbocycles. The van der Waals surface area contributed by atoms with E-state index in [1.165, 1.54) is 12.1 Å². The summed E-state index contributed by atoms with van der Waals surface area (Å²) in [7, 11) is 0. The number of anilines is 3. The first-order valence-corrected chi connectivity index (χ1v) is 10.1. The van der Waals surface area contributed by atoms with E-state index < -0.39 is 6.61 Å². The highest BCUT2D eigenvalue weighted by atomic mass is 19.3. The predicted octanol–water partition coefficient (Wildman–Crippen LogP) is 2.27. The van der Waals surface area contributed by atoms with Gasteiger partial charge in [0.05, 0.1) is 13.2 Å². The second kappa shape index (κ2) is 9.73. The van der Waals surface area contributed by atoms with Gasteiger partial charge in [0, 0.05) is 51.0 Å². The van der Waals surface area contributed by atoms with Crippen LogP contribution in [0.25, 0.3) is 0 Å². The highest BCUT2D eigenvalue weighted by Crippen LogP contribution is 2.21. The number of hydrogen-bond acceptors (Lipinski definition) is 7. The summed E-state index contributed by atoms with van der Waals surface area (Å²) in [5.74, 6) is 1.61. The molecule has 2 saturated heterocycles. The SMILES string of the molecule is O=C(Nc1cccc(OC(F)F)c1)N1CCN(c2ccc(N3CCOCC3)nn2)CC1. The van der Waals surface area contributed by atoms with Crippen LogP contribution in [0.5, 0.6) is 5.75 Å². The van der Waals surface area contributed by atoms with Crippen LogP contribution < -0.4 is 19.9 Å². The Morgan fingerprint density at radius 2 is 1.61 bits per heavy atom. The zero-order valence-corrected chi connectivity index (χ0v) is 16.9. The fourth-order valence-corrected chi connectivity index (χ4v) is 3.54. The largest absolute Gasteiger partial charge is 0.435 e. The molecule has 0 radical (unpaired) electrons. The third-order valence-corrected chi connectivity index (χ3v) is 5.17. The van der Waals surface area contributed by atoms with Gasteiger partial charge in [-0.3, -0.25) is 0 Å². The molecule has 2 aromatic rings. The highest BCUT2D eigenvalue weighted by Gasteiger charge is 2.23. The summed E-state index contributed by atoms with van der Waals surface area (Å²) < 4.78 is 34.4. The normalized spacial score (nSPS) is 17.1. The Morgan fingerprint density at radius 3 is 2.23 bits per heavy atom. The molecule has 0 atom stereocenters. The molecule has 2 amide bonds. The first kappa shape index (κ1) is 21.0. The first-order valence-electron chi connectivity index (χ1n) is 10.1. The van der Waals surface area contributed by atoms with Crippen LogP contribution in [0.1, 0.15) is 0 Å². The zero-order valence-electron chi connectivity index (χ0n) is 16.9. The number of rotatable bonds is 5. The van der Waals surface area contributed by atoms with Crippen LogP contribution in [0.3, 0.4) is 0 Å². The summed E-state index contributed by atoms with van der Waals surface area (Å²) in [4.78, 5) is 18.4. The predicted molar refractivity (Wildman–Crippen MR) is 111 cm³/mol. The van der Waals surface area contributed by atoms with Gasteiger partial charge in [0.25, 0.3) is 0 Å². The maximum Gasteiger partial charge on any atom is 0.387 e. The van der Waals surface area contributed by atoms with E-state index in [0.29, 0.717) is 45.1 Å². The van der Waals surface area contributed by atoms with E-state index in [2.05, 4.69) is 30.1 Å². The number of carbonyl (C=O) groups is 1. The lowest BCUT2D eigenvalue weighted by Gasteiger charge is -2.35. The van der Waals surface area contributed by atoms with Crippen molar-refractivity contribution in [2.45, 2.75) is 6.61 Å². The minimum atomic E-state index is -2.91. The number of aromatic nitrogens is 2. The van der Waals surface area contributed by atoms with Crippen molar-refractivity contribution in [2.24, 2.45) is 0 Å². The van der Waals surface area contributed by atoms with Gasteiger partial charge in [0.2, 0.25) is 0 Å². The van der Waals surface area contributed by atoms with Crippen molar-refractivity contribution in [2.75, 3.05) is 67.6 Å². The molecule has 3 heterocycles. The van der Waals surface area contributed by atoms with E-state index in [-0.39, 0.29) is 11.8 Å². The maximum atomic E-state index is 12.5. The van der Waals surface area contributed by atoms with Crippen molar-refractivity contribution in [3.63, 3.8) is 0 Å². The van der Waals surface area contributed by atoms with Gasteiger partial charge < -0.3 is 29.5 Å². The molecule has 4 rings (SSSR count). The average molecular weight is 434 g/mol. The molecule has 0 spiro atoms. The van der Waals surface area contributed by atoms with Crippen LogP contribution in [-0.2, 0) is 4.74 Å². The molecule has 166 valence electrons. The Kier molecular flexibility index (Phi) is 6.60. The van der Waals surface area contributed by atoms with Crippen LogP contribution in [0.2, 0.25) is 0 Å². The monoisotopic (exact) mass is 434 g/mol. The number of amides is 2. The number of carbonyl (C=O) groups excluding carboxylic acids is 1. The van der Waals surface area contributed by atoms with E-state index in [1.54, 1.807) is 17.0 Å². The third kappa shape index (κ3) is 5.48. The lowest BCUT2D eigenvalue weighted by molar-refractivity contribution is -0.0498. The van der Waals surface area contributed by atoms with Gasteiger partial charge in [-0.05, 0) is 24.3 Å². The first-order chi connectivity index (χ1) is 15.1. The van der Waals surface area contributed by atoms with Crippen molar-refractivity contribution < 1.29 is 23.0 Å². The summed E-state index contributed by atoms with van der Waals surface area (Å²) in [5.41, 5.74) is 0.398. The van der Waals surface area contributed by atoms with Crippen LogP contribution in [0, 0.1) is 0 Å². The van der Waals surface area contributed by atoms with Gasteiger partial charge in [-0.1, -0.05) is 6.07 Å². The molecular formula is C20H24F2N6O3. The van der Waals surface area contributed by atoms with Crippen molar-refractivity contribution in [3.8, 4) is 5.75 Å². The molecule has 2 aliphatic heterocycles. The fraction of sp³-hybridized carbons (Fsp3) is 0.450. The summed E-state index contributed by atoms with van der Waals surface area (Å²) in [5, 5.41) is 11.4. The van der Waals surface area contributed by atoms with Crippen molar-refractivity contribution in [1.82, 2.24) is 15.1 Å². The topological polar surface area (TPSA) is 83.1 Å². The van der Waals surface area contributed by atoms with Gasteiger partial charge >= 0.3 is 12.6 Å². The molecule has 9 nitrogen and oxygen atoms in total. The van der Waals surface area contributed by atoms with E-state index in [9.17, 15) is 13.6 Å². The van der Waals surface area contributed by atoms with Crippen molar-refractivity contribution in [3.05, 3.63) is 36.4 Å². The van der Waals surface area contributed by atoms with Crippen LogP contribution >= 0.6 is 0 Å². The molecule has 0 bridgehead atoms. The second-order valence-corrected chi connectivity index (χ2v) is 7.16. The maximum absolute atomic E-state index is 12.5. The molecular weight excluding hydrogens is 410 g/mol. The molecule has 1 N–H and O–H groups in total. The minimum absolute atomic E-state index is 0.00304. The molecule has 0 unspecified atom stereocenters. The summed E-state index contributed by atoms with van der Waals surface area (Å²) in [6.45, 7) is 2.33. The number of ether oxygens (including phenoxy) is 2. The number of benzene rings is 1. The lowest BCUT2D eigenvalue weighted by atomic mass is 10.3. The third-order valence-electron chi connectivity index (χ3n) is 5.17. The standard InChI is InChI=1S/C20H24F2N6O3/c21-19(22)31-16-3-1-2-15(14-16)23-20(29)28-8-6-26(7-9-28)17-4-5-18(25-24-17)27-10-12-30-13-11-27/h1-5,14,19H,6-13H2,(H,23,29). The van der Waals surface area contributed by atoms with Gasteiger partial charge in [-0.15, -0.1) is 10.2 Å². The molecule has 2 fully saturated rings. The zero-order chi connectivity index (χ0) is 21.6. The number of alkyl halides is 2. The van der Waals surface area contributed by atoms with E-state index in [0.717, 1.165) is 24.7 Å². The smallest absolute Gasteiger partial charge is 0.387 e. The number of nitrogens with one attached hydrogen (secondary N) is 1. The molecule has 2 aliphatic rings. The van der Waals surface area contributed by atoms with Gasteiger partial charge in [-0.25, -0.2) is 4.79 Å². The van der Waals surface area contributed by atoms with E-state index in [1.807, 2.05) is 12.1 Å². The second-order valence-electron chi connectivity index (χ2n) is 7.16. The van der Waals surface area contributed by atoms with E-state index in [4.69, 9.17) is 4.74 Å². The number of morpholine rings is 1. The molecule has 31 heavy (non-hydrogen) atoms. The summed E-state index contributed by atoms with van der Waals surface area (Å²) >= 11 is 0. The van der Waals surface area contributed by atoms with Gasteiger partial charge in [-0.2, -0.15) is 8.78 Å². The van der Waals surface area contributed by atoms with Crippen molar-refractivity contribution >= 4 is 23.4 Å². The minimum Gasteiger partial charge on any atom is -0.435 e. The van der Waals surface area contributed by atoms with Gasteiger partial charge in [0.15, 0.2) is 11.6 Å². The summed E-state index contributed by atoms with van der Waals surface area (Å²) in [6.07, 6.45) is 0. The Bertz CT molecular complexity index is 871. The van der Waals surface area contributed by atoms with Crippen molar-refractivity contribution in [1.29, 1.82) is 0 Å². The average Bonchev–Trinajstić information content (AvgIpc) is 2.80. The number of piperazine rings is 1. The van der Waals surface area contributed by atoms with Gasteiger partial charge in [0.1, 0.15) is 5.75 Å². The Morgan fingerprint density at radius 1 is 0.968 bits per heavy atom.